The molecule has 34 heavy (non-hydrogen) atoms. The number of rotatable bonds is 7. The lowest BCUT2D eigenvalue weighted by Gasteiger charge is -2.33. The van der Waals surface area contributed by atoms with Crippen LogP contribution in [0.1, 0.15) is 55.4 Å². The van der Waals surface area contributed by atoms with Gasteiger partial charge in [0.05, 0.1) is 5.56 Å². The minimum absolute atomic E-state index is 0.0170. The Morgan fingerprint density at radius 3 is 2.50 bits per heavy atom. The van der Waals surface area contributed by atoms with Crippen LogP contribution >= 0.6 is 0 Å². The molecule has 182 valence electrons. The summed E-state index contributed by atoms with van der Waals surface area (Å²) in [7, 11) is 1.94. The molecule has 7 heteroatoms. The summed E-state index contributed by atoms with van der Waals surface area (Å²) in [6.45, 7) is 9.44. The molecule has 1 aromatic carbocycles. The Hall–Kier alpha value is -2.64. The first-order chi connectivity index (χ1) is 16.6. The van der Waals surface area contributed by atoms with E-state index in [1.807, 2.05) is 46.6 Å². The first-order valence-electron chi connectivity index (χ1n) is 12.9. The van der Waals surface area contributed by atoms with E-state index in [1.165, 1.54) is 0 Å². The van der Waals surface area contributed by atoms with E-state index in [0.717, 1.165) is 87.7 Å². The number of para-hydroxylation sites is 1. The lowest BCUT2D eigenvalue weighted by molar-refractivity contribution is 0.0949. The van der Waals surface area contributed by atoms with Crippen LogP contribution in [0.3, 0.4) is 0 Å². The predicted octanol–water partition coefficient (Wildman–Crippen LogP) is 3.37. The summed E-state index contributed by atoms with van der Waals surface area (Å²) in [5.41, 5.74) is 2.26. The molecule has 0 bridgehead atoms. The Morgan fingerprint density at radius 1 is 1.06 bits per heavy atom. The van der Waals surface area contributed by atoms with Crippen molar-refractivity contribution < 1.29 is 4.79 Å². The van der Waals surface area contributed by atoms with Gasteiger partial charge in [0, 0.05) is 68.3 Å². The molecule has 3 aromatic rings. The number of hydrogen-bond donors (Lipinski definition) is 1. The van der Waals surface area contributed by atoms with E-state index in [1.54, 1.807) is 0 Å². The normalized spacial score (nSPS) is 18.3. The number of aryl methyl sites for hydroxylation is 1. The van der Waals surface area contributed by atoms with Gasteiger partial charge in [-0.25, -0.2) is 0 Å². The molecule has 0 unspecified atom stereocenters. The van der Waals surface area contributed by atoms with E-state index in [0.29, 0.717) is 17.6 Å². The van der Waals surface area contributed by atoms with E-state index in [4.69, 9.17) is 0 Å². The van der Waals surface area contributed by atoms with Crippen molar-refractivity contribution in [3.8, 4) is 0 Å². The summed E-state index contributed by atoms with van der Waals surface area (Å²) in [6.07, 6.45) is 7.05. The molecule has 0 spiro atoms. The first-order valence-corrected chi connectivity index (χ1v) is 12.9. The van der Waals surface area contributed by atoms with Crippen molar-refractivity contribution in [1.29, 1.82) is 0 Å². The first kappa shape index (κ1) is 23.1. The number of nitrogens with one attached hydrogen (secondary N) is 1. The molecule has 1 aliphatic carbocycles. The van der Waals surface area contributed by atoms with Crippen LogP contribution in [0.15, 0.2) is 35.3 Å². The Morgan fingerprint density at radius 2 is 1.76 bits per heavy atom. The summed E-state index contributed by atoms with van der Waals surface area (Å²) >= 11 is 0. The van der Waals surface area contributed by atoms with E-state index in [9.17, 15) is 9.59 Å². The van der Waals surface area contributed by atoms with Crippen LogP contribution in [0.5, 0.6) is 0 Å². The lowest BCUT2D eigenvalue weighted by Crippen LogP contribution is -2.46. The molecule has 2 aliphatic rings. The zero-order valence-electron chi connectivity index (χ0n) is 20.6. The van der Waals surface area contributed by atoms with Crippen LogP contribution in [0.25, 0.3) is 21.8 Å². The van der Waals surface area contributed by atoms with Crippen LogP contribution in [0, 0.1) is 0 Å². The van der Waals surface area contributed by atoms with Gasteiger partial charge >= 0.3 is 0 Å². The Kier molecular flexibility index (Phi) is 6.75. The largest absolute Gasteiger partial charge is 0.352 e. The van der Waals surface area contributed by atoms with Gasteiger partial charge in [-0.1, -0.05) is 38.0 Å². The van der Waals surface area contributed by atoms with Gasteiger partial charge in [0.25, 0.3) is 11.5 Å². The highest BCUT2D eigenvalue weighted by atomic mass is 16.2. The lowest BCUT2D eigenvalue weighted by atomic mass is 10.1. The molecule has 7 nitrogen and oxygen atoms in total. The molecular weight excluding hydrogens is 426 g/mol. The van der Waals surface area contributed by atoms with Crippen molar-refractivity contribution in [3.63, 3.8) is 0 Å². The number of aromatic nitrogens is 2. The van der Waals surface area contributed by atoms with Gasteiger partial charge in [-0.3, -0.25) is 9.59 Å². The SMILES string of the molecule is CCN1CCN(CCCNC(=O)c2cn(C3CCCC3)c(=O)c3c2c2ccccc2n3C)CC1. The van der Waals surface area contributed by atoms with Crippen LogP contribution < -0.4 is 10.9 Å². The van der Waals surface area contributed by atoms with Gasteiger partial charge < -0.3 is 24.3 Å². The maximum Gasteiger partial charge on any atom is 0.275 e. The average molecular weight is 464 g/mol. The number of amides is 1. The van der Waals surface area contributed by atoms with Crippen molar-refractivity contribution in [2.75, 3.05) is 45.8 Å². The number of likely N-dealkylation sites (N-methyl/N-ethyl adjacent to an activating group) is 1. The van der Waals surface area contributed by atoms with Gasteiger partial charge in [0.2, 0.25) is 0 Å². The molecule has 1 amide bonds. The quantitative estimate of drug-likeness (QED) is 0.546. The summed E-state index contributed by atoms with van der Waals surface area (Å²) in [6, 6.07) is 8.18. The second-order valence-corrected chi connectivity index (χ2v) is 9.88. The third-order valence-electron chi connectivity index (χ3n) is 7.89. The summed E-state index contributed by atoms with van der Waals surface area (Å²) in [5.74, 6) is -0.0797. The van der Waals surface area contributed by atoms with E-state index in [2.05, 4.69) is 22.0 Å². The van der Waals surface area contributed by atoms with Gasteiger partial charge in [-0.05, 0) is 38.4 Å². The minimum atomic E-state index is -0.0797. The zero-order valence-corrected chi connectivity index (χ0v) is 20.6. The highest BCUT2D eigenvalue weighted by molar-refractivity contribution is 6.17. The predicted molar refractivity (Wildman–Crippen MR) is 138 cm³/mol. The maximum absolute atomic E-state index is 13.6. The molecule has 2 fully saturated rings. The standard InChI is InChI=1S/C27H37N5O2/c1-3-30-15-17-31(18-16-30)14-8-13-28-26(33)22-19-32(20-9-4-5-10-20)27(34)25-24(22)21-11-6-7-12-23(21)29(25)2/h6-7,11-12,19-20H,3-5,8-10,13-18H2,1-2H3,(H,28,33). The van der Waals surface area contributed by atoms with Crippen molar-refractivity contribution in [2.24, 2.45) is 7.05 Å². The van der Waals surface area contributed by atoms with Gasteiger partial charge in [-0.2, -0.15) is 0 Å². The van der Waals surface area contributed by atoms with Crippen molar-refractivity contribution in [3.05, 3.63) is 46.4 Å². The molecular formula is C27H37N5O2. The Balaban J connectivity index is 1.39. The van der Waals surface area contributed by atoms with E-state index < -0.39 is 0 Å². The topological polar surface area (TPSA) is 62.5 Å². The maximum atomic E-state index is 13.6. The number of benzene rings is 1. The molecule has 1 N–H and O–H groups in total. The Labute approximate surface area is 201 Å². The fourth-order valence-electron chi connectivity index (χ4n) is 5.86. The number of carbonyl (C=O) groups excluding carboxylic acids is 1. The highest BCUT2D eigenvalue weighted by Gasteiger charge is 2.25. The number of fused-ring (bicyclic) bond motifs is 3. The van der Waals surface area contributed by atoms with Crippen LogP contribution in [0.2, 0.25) is 0 Å². The van der Waals surface area contributed by atoms with Crippen molar-refractivity contribution >= 4 is 27.7 Å². The number of piperazine rings is 1. The van der Waals surface area contributed by atoms with E-state index >= 15 is 0 Å². The van der Waals surface area contributed by atoms with Crippen molar-refractivity contribution in [2.45, 2.75) is 45.1 Å². The fourth-order valence-corrected chi connectivity index (χ4v) is 5.86. The van der Waals surface area contributed by atoms with Crippen LogP contribution in [-0.4, -0.2) is 70.7 Å². The molecule has 2 aromatic heterocycles. The average Bonchev–Trinajstić information content (AvgIpc) is 3.50. The molecule has 1 aliphatic heterocycles. The molecule has 1 saturated heterocycles. The van der Waals surface area contributed by atoms with Crippen LogP contribution in [0.4, 0.5) is 0 Å². The second-order valence-electron chi connectivity index (χ2n) is 9.88. The molecule has 5 rings (SSSR count). The smallest absolute Gasteiger partial charge is 0.275 e. The van der Waals surface area contributed by atoms with E-state index in [-0.39, 0.29) is 17.5 Å². The number of pyridine rings is 1. The number of nitrogens with zero attached hydrogens (tertiary/aromatic N) is 4. The monoisotopic (exact) mass is 463 g/mol. The molecule has 0 atom stereocenters. The second kappa shape index (κ2) is 9.92. The molecule has 1 saturated carbocycles. The molecule has 0 radical (unpaired) electrons. The summed E-state index contributed by atoms with van der Waals surface area (Å²) in [4.78, 5) is 32.0. The van der Waals surface area contributed by atoms with Crippen molar-refractivity contribution in [1.82, 2.24) is 24.3 Å². The van der Waals surface area contributed by atoms with Gasteiger partial charge in [-0.15, -0.1) is 0 Å². The number of carbonyl (C=O) groups is 1. The van der Waals surface area contributed by atoms with Gasteiger partial charge in [0.1, 0.15) is 5.52 Å². The van der Waals surface area contributed by atoms with Crippen LogP contribution in [-0.2, 0) is 7.05 Å². The zero-order chi connectivity index (χ0) is 23.7. The third-order valence-corrected chi connectivity index (χ3v) is 7.89. The fraction of sp³-hybridized carbons (Fsp3) is 0.556. The Bertz CT molecular complexity index is 1230. The number of hydrogen-bond acceptors (Lipinski definition) is 4. The summed E-state index contributed by atoms with van der Waals surface area (Å²) in [5, 5.41) is 4.91. The third kappa shape index (κ3) is 4.27. The highest BCUT2D eigenvalue weighted by Crippen LogP contribution is 2.33. The minimum Gasteiger partial charge on any atom is -0.352 e. The summed E-state index contributed by atoms with van der Waals surface area (Å²) < 4.78 is 3.81. The molecule has 3 heterocycles. The van der Waals surface area contributed by atoms with Gasteiger partial charge in [0.15, 0.2) is 0 Å².